The Hall–Kier alpha value is -3.39. The maximum atomic E-state index is 5.77. The molecule has 0 spiro atoms. The van der Waals surface area contributed by atoms with Crippen molar-refractivity contribution >= 4 is 28.4 Å². The van der Waals surface area contributed by atoms with Crippen LogP contribution in [-0.4, -0.2) is 34.0 Å². The minimum atomic E-state index is 0.277. The first-order chi connectivity index (χ1) is 13.7. The highest BCUT2D eigenvalue weighted by Gasteiger charge is 2.11. The van der Waals surface area contributed by atoms with Gasteiger partial charge in [-0.05, 0) is 48.0 Å². The lowest BCUT2D eigenvalue weighted by Gasteiger charge is -2.05. The molecule has 0 bridgehead atoms. The van der Waals surface area contributed by atoms with E-state index in [4.69, 9.17) is 14.2 Å². The maximum Gasteiger partial charge on any atom is 0.235 e. The summed E-state index contributed by atoms with van der Waals surface area (Å²) in [6.45, 7) is 0.277. The summed E-state index contributed by atoms with van der Waals surface area (Å²) in [7, 11) is 3.28. The molecule has 7 nitrogen and oxygen atoms in total. The summed E-state index contributed by atoms with van der Waals surface area (Å²) in [5, 5.41) is 13.7. The number of ether oxygens (including phenoxy) is 3. The summed E-state index contributed by atoms with van der Waals surface area (Å²) in [5.74, 6) is 2.99. The molecular formula is C20H18N4O3S. The number of nitrogens with zero attached hydrogens (tertiary/aromatic N) is 4. The van der Waals surface area contributed by atoms with Gasteiger partial charge in [-0.15, -0.1) is 10.2 Å². The number of hydrogen-bond donors (Lipinski definition) is 0. The van der Waals surface area contributed by atoms with Gasteiger partial charge >= 0.3 is 0 Å². The topological polar surface area (TPSA) is 70.8 Å². The Morgan fingerprint density at radius 2 is 1.50 bits per heavy atom. The number of benzene rings is 2. The van der Waals surface area contributed by atoms with Gasteiger partial charge in [0.1, 0.15) is 28.9 Å². The fraction of sp³-hybridized carbons (Fsp3) is 0.150. The molecule has 0 radical (unpaired) electrons. The van der Waals surface area contributed by atoms with E-state index in [1.807, 2.05) is 60.7 Å². The number of rotatable bonds is 7. The molecule has 0 saturated heterocycles. The SMILES string of the molecule is COc1ccc(/C=C/c2nn3c(COc4ccc(OC)cc4)nnc3s2)cc1. The summed E-state index contributed by atoms with van der Waals surface area (Å²) < 4.78 is 17.8. The molecule has 0 unspecified atom stereocenters. The molecule has 0 atom stereocenters. The van der Waals surface area contributed by atoms with Crippen LogP contribution in [-0.2, 0) is 6.61 Å². The predicted octanol–water partition coefficient (Wildman–Crippen LogP) is 3.95. The van der Waals surface area contributed by atoms with Crippen LogP contribution in [0.2, 0.25) is 0 Å². The Morgan fingerprint density at radius 1 is 0.857 bits per heavy atom. The molecule has 2 aromatic carbocycles. The largest absolute Gasteiger partial charge is 0.497 e. The molecule has 0 fully saturated rings. The van der Waals surface area contributed by atoms with Crippen LogP contribution in [0.4, 0.5) is 0 Å². The summed E-state index contributed by atoms with van der Waals surface area (Å²) in [6.07, 6.45) is 3.95. The Balaban J connectivity index is 1.45. The average Bonchev–Trinajstić information content (AvgIpc) is 3.32. The van der Waals surface area contributed by atoms with Crippen LogP contribution in [0.25, 0.3) is 17.1 Å². The molecule has 0 aliphatic rings. The van der Waals surface area contributed by atoms with Gasteiger partial charge in [-0.3, -0.25) is 0 Å². The highest BCUT2D eigenvalue weighted by Crippen LogP contribution is 2.20. The normalized spacial score (nSPS) is 11.2. The molecule has 142 valence electrons. The van der Waals surface area contributed by atoms with Crippen molar-refractivity contribution in [1.82, 2.24) is 19.8 Å². The minimum Gasteiger partial charge on any atom is -0.497 e. The molecule has 28 heavy (non-hydrogen) atoms. The summed E-state index contributed by atoms with van der Waals surface area (Å²) >= 11 is 1.47. The zero-order chi connectivity index (χ0) is 19.3. The van der Waals surface area contributed by atoms with Gasteiger partial charge in [-0.25, -0.2) is 0 Å². The van der Waals surface area contributed by atoms with Crippen molar-refractivity contribution < 1.29 is 14.2 Å². The fourth-order valence-corrected chi connectivity index (χ4v) is 3.29. The number of fused-ring (bicyclic) bond motifs is 1. The van der Waals surface area contributed by atoms with Crippen LogP contribution < -0.4 is 14.2 Å². The molecule has 2 aromatic heterocycles. The van der Waals surface area contributed by atoms with Gasteiger partial charge < -0.3 is 14.2 Å². The third kappa shape index (κ3) is 3.96. The first kappa shape index (κ1) is 18.0. The van der Waals surface area contributed by atoms with E-state index >= 15 is 0 Å². The van der Waals surface area contributed by atoms with E-state index in [0.29, 0.717) is 5.82 Å². The third-order valence-electron chi connectivity index (χ3n) is 4.03. The molecule has 2 heterocycles. The standard InChI is InChI=1S/C20H18N4O3S/c1-25-15-6-3-14(4-7-15)5-12-19-23-24-18(21-22-20(24)28-19)13-27-17-10-8-16(26-2)9-11-17/h3-12H,13H2,1-2H3/b12-5+. The van der Waals surface area contributed by atoms with Crippen molar-refractivity contribution in [3.8, 4) is 17.2 Å². The maximum absolute atomic E-state index is 5.77. The van der Waals surface area contributed by atoms with Gasteiger partial charge in [0.05, 0.1) is 14.2 Å². The smallest absolute Gasteiger partial charge is 0.235 e. The van der Waals surface area contributed by atoms with Gasteiger partial charge in [0.2, 0.25) is 4.96 Å². The van der Waals surface area contributed by atoms with Gasteiger partial charge in [-0.2, -0.15) is 9.61 Å². The van der Waals surface area contributed by atoms with Crippen LogP contribution in [0, 0.1) is 0 Å². The summed E-state index contributed by atoms with van der Waals surface area (Å²) in [5.41, 5.74) is 1.06. The van der Waals surface area contributed by atoms with Crippen LogP contribution in [0.3, 0.4) is 0 Å². The average molecular weight is 394 g/mol. The number of hydrogen-bond acceptors (Lipinski definition) is 7. The molecular weight excluding hydrogens is 376 g/mol. The number of methoxy groups -OCH3 is 2. The Labute approximate surface area is 165 Å². The Kier molecular flexibility index (Phi) is 5.20. The lowest BCUT2D eigenvalue weighted by atomic mass is 10.2. The highest BCUT2D eigenvalue weighted by molar-refractivity contribution is 7.17. The zero-order valence-corrected chi connectivity index (χ0v) is 16.2. The molecule has 0 amide bonds. The zero-order valence-electron chi connectivity index (χ0n) is 15.4. The second kappa shape index (κ2) is 8.10. The van der Waals surface area contributed by atoms with Crippen molar-refractivity contribution in [2.75, 3.05) is 14.2 Å². The molecule has 4 rings (SSSR count). The lowest BCUT2D eigenvalue weighted by Crippen LogP contribution is -2.02. The van der Waals surface area contributed by atoms with E-state index in [0.717, 1.165) is 32.8 Å². The van der Waals surface area contributed by atoms with Crippen molar-refractivity contribution in [2.24, 2.45) is 0 Å². The van der Waals surface area contributed by atoms with Crippen LogP contribution in [0.5, 0.6) is 17.2 Å². The quantitative estimate of drug-likeness (QED) is 0.473. The van der Waals surface area contributed by atoms with Gasteiger partial charge in [-0.1, -0.05) is 29.5 Å². The molecule has 4 aromatic rings. The predicted molar refractivity (Wildman–Crippen MR) is 108 cm³/mol. The van der Waals surface area contributed by atoms with E-state index in [9.17, 15) is 0 Å². The van der Waals surface area contributed by atoms with E-state index in [2.05, 4.69) is 15.3 Å². The van der Waals surface area contributed by atoms with Crippen molar-refractivity contribution in [3.63, 3.8) is 0 Å². The van der Waals surface area contributed by atoms with Crippen molar-refractivity contribution in [2.45, 2.75) is 6.61 Å². The summed E-state index contributed by atoms with van der Waals surface area (Å²) in [6, 6.07) is 15.2. The van der Waals surface area contributed by atoms with Crippen LogP contribution >= 0.6 is 11.3 Å². The second-order valence-corrected chi connectivity index (χ2v) is 6.81. The van der Waals surface area contributed by atoms with E-state index in [1.54, 1.807) is 18.7 Å². The third-order valence-corrected chi connectivity index (χ3v) is 4.90. The molecule has 0 saturated carbocycles. The minimum absolute atomic E-state index is 0.277. The second-order valence-electron chi connectivity index (χ2n) is 5.82. The highest BCUT2D eigenvalue weighted by atomic mass is 32.1. The van der Waals surface area contributed by atoms with Crippen molar-refractivity contribution in [1.29, 1.82) is 0 Å². The lowest BCUT2D eigenvalue weighted by molar-refractivity contribution is 0.292. The van der Waals surface area contributed by atoms with E-state index in [1.165, 1.54) is 11.3 Å². The fourth-order valence-electron chi connectivity index (χ4n) is 2.53. The molecule has 0 aliphatic carbocycles. The monoisotopic (exact) mass is 394 g/mol. The Morgan fingerprint density at radius 3 is 2.18 bits per heavy atom. The van der Waals surface area contributed by atoms with Gasteiger partial charge in [0.15, 0.2) is 5.82 Å². The van der Waals surface area contributed by atoms with Crippen molar-refractivity contribution in [3.05, 3.63) is 64.9 Å². The van der Waals surface area contributed by atoms with E-state index < -0.39 is 0 Å². The van der Waals surface area contributed by atoms with Gasteiger partial charge in [0.25, 0.3) is 0 Å². The first-order valence-electron chi connectivity index (χ1n) is 8.55. The van der Waals surface area contributed by atoms with Crippen LogP contribution in [0.15, 0.2) is 48.5 Å². The van der Waals surface area contributed by atoms with Crippen LogP contribution in [0.1, 0.15) is 16.4 Å². The first-order valence-corrected chi connectivity index (χ1v) is 9.37. The van der Waals surface area contributed by atoms with Gasteiger partial charge in [0, 0.05) is 0 Å². The number of aromatic nitrogens is 4. The Bertz CT molecular complexity index is 1090. The molecule has 8 heteroatoms. The van der Waals surface area contributed by atoms with E-state index in [-0.39, 0.29) is 6.61 Å². The molecule has 0 aliphatic heterocycles. The summed E-state index contributed by atoms with van der Waals surface area (Å²) in [4.78, 5) is 0.725. The molecule has 0 N–H and O–H groups in total.